The smallest absolute Gasteiger partial charge is 0.272 e. The molecule has 1 nitrogen and oxygen atoms in total. The van der Waals surface area contributed by atoms with Gasteiger partial charge in [0.15, 0.2) is 0 Å². The van der Waals surface area contributed by atoms with E-state index in [1.54, 1.807) is 0 Å². The Labute approximate surface area is 194 Å². The van der Waals surface area contributed by atoms with Gasteiger partial charge in [-0.25, -0.2) is 0 Å². The number of benzene rings is 4. The lowest BCUT2D eigenvalue weighted by Gasteiger charge is -2.39. The molecule has 0 N–H and O–H groups in total. The molecule has 0 saturated carbocycles. The van der Waals surface area contributed by atoms with Crippen LogP contribution in [0.1, 0.15) is 59.9 Å². The number of unbranched alkanes of at least 4 members (excludes halogenated alkanes) is 1. The molecule has 0 aliphatic heterocycles. The molecule has 0 bridgehead atoms. The number of hydrogen-bond donors (Lipinski definition) is 0. The highest BCUT2D eigenvalue weighted by molar-refractivity contribution is 6.77. The van der Waals surface area contributed by atoms with Crippen LogP contribution in [0.3, 0.4) is 0 Å². The normalized spacial score (nSPS) is 12.4. The lowest BCUT2D eigenvalue weighted by molar-refractivity contribution is 0.446. The van der Waals surface area contributed by atoms with Crippen LogP contribution >= 0.6 is 0 Å². The third-order valence-corrected chi connectivity index (χ3v) is 13.2. The van der Waals surface area contributed by atoms with E-state index in [1.165, 1.54) is 37.9 Å². The molecular formula is C30H36OSi. The highest BCUT2D eigenvalue weighted by atomic mass is 28.4. The van der Waals surface area contributed by atoms with Gasteiger partial charge in [-0.05, 0) is 67.3 Å². The minimum atomic E-state index is -1.90. The molecule has 0 fully saturated rings. The monoisotopic (exact) mass is 440 g/mol. The van der Waals surface area contributed by atoms with Gasteiger partial charge in [0.05, 0.1) is 6.11 Å². The van der Waals surface area contributed by atoms with E-state index in [0.29, 0.717) is 16.6 Å². The zero-order valence-electron chi connectivity index (χ0n) is 20.5. The molecule has 0 aliphatic rings. The van der Waals surface area contributed by atoms with Crippen LogP contribution in [-0.2, 0) is 10.8 Å². The summed E-state index contributed by atoms with van der Waals surface area (Å²) >= 11 is 0. The van der Waals surface area contributed by atoms with Crippen molar-refractivity contribution in [2.45, 2.75) is 77.4 Å². The molecule has 4 aromatic rings. The Bertz CT molecular complexity index is 1230. The van der Waals surface area contributed by atoms with Crippen molar-refractivity contribution in [1.29, 1.82) is 0 Å². The van der Waals surface area contributed by atoms with E-state index in [9.17, 15) is 0 Å². The highest BCUT2D eigenvalue weighted by Crippen LogP contribution is 2.42. The van der Waals surface area contributed by atoms with Gasteiger partial charge in [0.25, 0.3) is 8.32 Å². The van der Waals surface area contributed by atoms with Gasteiger partial charge in [-0.2, -0.15) is 0 Å². The first-order valence-corrected chi connectivity index (χ1v) is 14.3. The molecule has 0 saturated heterocycles. The summed E-state index contributed by atoms with van der Waals surface area (Å²) in [5, 5.41) is 8.19. The molecule has 166 valence electrons. The summed E-state index contributed by atoms with van der Waals surface area (Å²) < 4.78 is 6.39. The summed E-state index contributed by atoms with van der Waals surface area (Å²) in [6.07, 6.45) is 6.12. The summed E-state index contributed by atoms with van der Waals surface area (Å²) in [5.74, 6) is 3.34. The van der Waals surface area contributed by atoms with Crippen molar-refractivity contribution in [2.75, 3.05) is 0 Å². The molecule has 0 unspecified atom stereocenters. The topological polar surface area (TPSA) is 9.23 Å². The second-order valence-corrected chi connectivity index (χ2v) is 15.5. The van der Waals surface area contributed by atoms with Gasteiger partial charge in [0.1, 0.15) is 0 Å². The minimum absolute atomic E-state index is 0.564. The summed E-state index contributed by atoms with van der Waals surface area (Å²) in [6, 6.07) is 20.3. The maximum Gasteiger partial charge on any atom is 0.272 e. The minimum Gasteiger partial charge on any atom is -0.500 e. The first-order valence-electron chi connectivity index (χ1n) is 12.2. The van der Waals surface area contributed by atoms with E-state index in [1.807, 2.05) is 0 Å². The van der Waals surface area contributed by atoms with Gasteiger partial charge in [0, 0.05) is 6.42 Å². The Balaban J connectivity index is 1.50. The van der Waals surface area contributed by atoms with Crippen molar-refractivity contribution in [2.24, 2.45) is 0 Å². The molecule has 32 heavy (non-hydrogen) atoms. The Hall–Kier alpha value is -2.50. The van der Waals surface area contributed by atoms with Crippen molar-refractivity contribution in [3.63, 3.8) is 0 Å². The molecule has 0 spiro atoms. The molecule has 0 atom stereocenters. The SMILES string of the molecule is CC(C)[Si](OC#CCCCc1ccc2ccc3cccc4ccc1c2c34)(C(C)C)C(C)C. The van der Waals surface area contributed by atoms with Gasteiger partial charge < -0.3 is 4.43 Å². The largest absolute Gasteiger partial charge is 0.500 e. The van der Waals surface area contributed by atoms with Crippen LogP contribution in [0.25, 0.3) is 32.3 Å². The first-order chi connectivity index (χ1) is 15.4. The zero-order valence-corrected chi connectivity index (χ0v) is 21.5. The summed E-state index contributed by atoms with van der Waals surface area (Å²) in [4.78, 5) is 0. The quantitative estimate of drug-likeness (QED) is 0.120. The molecule has 0 amide bonds. The molecular weight excluding hydrogens is 404 g/mol. The van der Waals surface area contributed by atoms with Gasteiger partial charge >= 0.3 is 0 Å². The Morgan fingerprint density at radius 3 is 1.91 bits per heavy atom. The molecule has 4 aromatic carbocycles. The molecule has 2 heteroatoms. The molecule has 0 heterocycles. The van der Waals surface area contributed by atoms with Crippen molar-refractivity contribution in [3.8, 4) is 12.0 Å². The van der Waals surface area contributed by atoms with Crippen LogP contribution in [0.4, 0.5) is 0 Å². The maximum absolute atomic E-state index is 6.39. The first kappa shape index (κ1) is 22.7. The lowest BCUT2D eigenvalue weighted by atomic mass is 9.91. The van der Waals surface area contributed by atoms with E-state index in [4.69, 9.17) is 4.43 Å². The standard InChI is InChI=1S/C30H36OSi/c1-21(2)32(22(3)4,23(5)6)31-20-9-7-8-11-24-14-15-27-17-16-25-12-10-13-26-18-19-28(24)30(27)29(25)26/h10,12-19,21-23H,7-8,11H2,1-6H3. The lowest BCUT2D eigenvalue weighted by Crippen LogP contribution is -2.46. The van der Waals surface area contributed by atoms with E-state index < -0.39 is 8.32 Å². The van der Waals surface area contributed by atoms with Crippen LogP contribution < -0.4 is 0 Å². The Morgan fingerprint density at radius 2 is 1.28 bits per heavy atom. The molecule has 0 aliphatic carbocycles. The average molecular weight is 441 g/mol. The third kappa shape index (κ3) is 3.88. The van der Waals surface area contributed by atoms with Crippen molar-refractivity contribution in [1.82, 2.24) is 0 Å². The predicted octanol–water partition coefficient (Wildman–Crippen LogP) is 9.06. The molecule has 0 radical (unpaired) electrons. The average Bonchev–Trinajstić information content (AvgIpc) is 2.76. The van der Waals surface area contributed by atoms with Crippen LogP contribution in [0.2, 0.25) is 16.6 Å². The fraction of sp³-hybridized carbons (Fsp3) is 0.400. The van der Waals surface area contributed by atoms with Crippen LogP contribution in [-0.4, -0.2) is 8.32 Å². The zero-order chi connectivity index (χ0) is 22.9. The van der Waals surface area contributed by atoms with Gasteiger partial charge in [-0.3, -0.25) is 0 Å². The molecule has 0 aromatic heterocycles. The van der Waals surface area contributed by atoms with Crippen LogP contribution in [0.15, 0.2) is 54.6 Å². The van der Waals surface area contributed by atoms with Crippen molar-refractivity contribution in [3.05, 3.63) is 60.2 Å². The second kappa shape index (κ2) is 9.16. The van der Waals surface area contributed by atoms with Crippen LogP contribution in [0, 0.1) is 12.0 Å². The Morgan fingerprint density at radius 1 is 0.719 bits per heavy atom. The maximum atomic E-state index is 6.39. The van der Waals surface area contributed by atoms with Crippen molar-refractivity contribution < 1.29 is 4.43 Å². The van der Waals surface area contributed by atoms with E-state index in [2.05, 4.69) is 108 Å². The summed E-state index contributed by atoms with van der Waals surface area (Å²) in [6.45, 7) is 13.8. The summed E-state index contributed by atoms with van der Waals surface area (Å²) in [7, 11) is -1.90. The number of aryl methyl sites for hydroxylation is 1. The number of rotatable bonds is 7. The van der Waals surface area contributed by atoms with E-state index in [-0.39, 0.29) is 0 Å². The van der Waals surface area contributed by atoms with Gasteiger partial charge in [0.2, 0.25) is 0 Å². The fourth-order valence-corrected chi connectivity index (χ4v) is 10.9. The summed E-state index contributed by atoms with van der Waals surface area (Å²) in [5.41, 5.74) is 3.12. The third-order valence-electron chi connectivity index (χ3n) is 7.37. The van der Waals surface area contributed by atoms with E-state index >= 15 is 0 Å². The second-order valence-electron chi connectivity index (χ2n) is 10.1. The fourth-order valence-electron chi connectivity index (χ4n) is 5.91. The Kier molecular flexibility index (Phi) is 6.49. The predicted molar refractivity (Wildman–Crippen MR) is 143 cm³/mol. The molecule has 4 rings (SSSR count). The van der Waals surface area contributed by atoms with Gasteiger partial charge in [-0.1, -0.05) is 102 Å². The van der Waals surface area contributed by atoms with E-state index in [0.717, 1.165) is 19.3 Å². The van der Waals surface area contributed by atoms with Crippen molar-refractivity contribution >= 4 is 40.6 Å². The number of hydrogen-bond acceptors (Lipinski definition) is 1. The van der Waals surface area contributed by atoms with Crippen LogP contribution in [0.5, 0.6) is 0 Å². The highest BCUT2D eigenvalue weighted by Gasteiger charge is 2.46. The van der Waals surface area contributed by atoms with Gasteiger partial charge in [-0.15, -0.1) is 0 Å².